The second kappa shape index (κ2) is 7.62. The molecule has 11 heteroatoms. The zero-order valence-electron chi connectivity index (χ0n) is 16.0. The molecule has 0 aromatic carbocycles. The van der Waals surface area contributed by atoms with Gasteiger partial charge in [0.2, 0.25) is 5.95 Å². The molecule has 28 heavy (non-hydrogen) atoms. The van der Waals surface area contributed by atoms with Crippen molar-refractivity contribution in [3.63, 3.8) is 0 Å². The number of pyridine rings is 1. The van der Waals surface area contributed by atoms with Crippen molar-refractivity contribution in [2.24, 2.45) is 7.05 Å². The monoisotopic (exact) mass is 388 g/mol. The topological polar surface area (TPSA) is 101 Å². The third kappa shape index (κ3) is 3.63. The number of hydrogen-bond donors (Lipinski definition) is 1. The summed E-state index contributed by atoms with van der Waals surface area (Å²) < 4.78 is 15.4. The molecule has 3 rings (SSSR count). The highest BCUT2D eigenvalue weighted by Crippen LogP contribution is 2.17. The number of anilines is 2. The van der Waals surface area contributed by atoms with Crippen LogP contribution in [0.2, 0.25) is 0 Å². The van der Waals surface area contributed by atoms with Gasteiger partial charge in [-0.05, 0) is 6.07 Å². The smallest absolute Gasteiger partial charge is 0.274 e. The van der Waals surface area contributed by atoms with E-state index in [2.05, 4.69) is 20.5 Å². The van der Waals surface area contributed by atoms with Gasteiger partial charge in [0.15, 0.2) is 5.65 Å². The zero-order chi connectivity index (χ0) is 20.4. The van der Waals surface area contributed by atoms with Crippen LogP contribution in [0.5, 0.6) is 0 Å². The molecule has 148 valence electrons. The maximum absolute atomic E-state index is 12.7. The minimum absolute atomic E-state index is 0.156. The number of aryl methyl sites for hydroxylation is 1. The predicted molar refractivity (Wildman–Crippen MR) is 101 cm³/mol. The minimum Gasteiger partial charge on any atom is -0.345 e. The molecule has 0 aliphatic carbocycles. The lowest BCUT2D eigenvalue weighted by atomic mass is 10.2. The fourth-order valence-electron chi connectivity index (χ4n) is 2.63. The third-order valence-electron chi connectivity index (χ3n) is 4.14. The summed E-state index contributed by atoms with van der Waals surface area (Å²) in [7, 11) is 6.50. The van der Waals surface area contributed by atoms with E-state index >= 15 is 0 Å². The molecule has 0 unspecified atom stereocenters. The van der Waals surface area contributed by atoms with Crippen LogP contribution in [0.4, 0.5) is 16.0 Å². The normalized spacial score (nSPS) is 10.9. The van der Waals surface area contributed by atoms with Gasteiger partial charge in [0.05, 0.1) is 11.8 Å². The number of aromatic nitrogens is 5. The number of amides is 2. The van der Waals surface area contributed by atoms with Crippen LogP contribution in [0, 0.1) is 0 Å². The Balaban J connectivity index is 1.86. The largest absolute Gasteiger partial charge is 0.345 e. The number of carbonyl (C=O) groups is 2. The van der Waals surface area contributed by atoms with E-state index < -0.39 is 12.6 Å². The molecule has 0 saturated carbocycles. The summed E-state index contributed by atoms with van der Waals surface area (Å²) in [5.41, 5.74) is 1.34. The second-order valence-electron chi connectivity index (χ2n) is 6.42. The van der Waals surface area contributed by atoms with Gasteiger partial charge in [-0.2, -0.15) is 10.1 Å². The number of nitrogens with one attached hydrogen (secondary N) is 1. The molecule has 0 radical (unpaired) electrons. The van der Waals surface area contributed by atoms with Crippen LogP contribution in [-0.4, -0.2) is 75.5 Å². The van der Waals surface area contributed by atoms with Gasteiger partial charge in [0, 0.05) is 52.7 Å². The second-order valence-corrected chi connectivity index (χ2v) is 6.42. The van der Waals surface area contributed by atoms with Crippen molar-refractivity contribution in [3.8, 4) is 0 Å². The fourth-order valence-corrected chi connectivity index (χ4v) is 2.63. The summed E-state index contributed by atoms with van der Waals surface area (Å²) in [4.78, 5) is 32.3. The Morgan fingerprint density at radius 2 is 2.04 bits per heavy atom. The Labute approximate surface area is 160 Å². The molecule has 10 nitrogen and oxygen atoms in total. The Hall–Kier alpha value is -3.50. The summed E-state index contributed by atoms with van der Waals surface area (Å²) in [6.45, 7) is -0.324. The molecular formula is C17H21FN8O2. The van der Waals surface area contributed by atoms with Gasteiger partial charge in [-0.25, -0.2) is 8.91 Å². The van der Waals surface area contributed by atoms with Gasteiger partial charge < -0.3 is 15.1 Å². The summed E-state index contributed by atoms with van der Waals surface area (Å²) in [5.74, 6) is -0.401. The van der Waals surface area contributed by atoms with E-state index in [1.54, 1.807) is 51.4 Å². The van der Waals surface area contributed by atoms with Crippen molar-refractivity contribution < 1.29 is 14.0 Å². The minimum atomic E-state index is -0.508. The average molecular weight is 388 g/mol. The Morgan fingerprint density at radius 1 is 1.29 bits per heavy atom. The van der Waals surface area contributed by atoms with Gasteiger partial charge >= 0.3 is 0 Å². The number of fused-ring (bicyclic) bond motifs is 1. The number of rotatable bonds is 6. The summed E-state index contributed by atoms with van der Waals surface area (Å²) in [6.07, 6.45) is 3.01. The maximum Gasteiger partial charge on any atom is 0.274 e. The van der Waals surface area contributed by atoms with E-state index in [1.165, 1.54) is 20.3 Å². The Bertz CT molecular complexity index is 1030. The van der Waals surface area contributed by atoms with Crippen LogP contribution in [0.1, 0.15) is 20.8 Å². The van der Waals surface area contributed by atoms with Crippen LogP contribution in [-0.2, 0) is 7.05 Å². The molecule has 0 bridgehead atoms. The molecule has 2 amide bonds. The highest BCUT2D eigenvalue weighted by atomic mass is 19.1. The van der Waals surface area contributed by atoms with E-state index in [1.807, 2.05) is 0 Å². The highest BCUT2D eigenvalue weighted by molar-refractivity contribution is 6.11. The third-order valence-corrected chi connectivity index (χ3v) is 4.14. The van der Waals surface area contributed by atoms with E-state index in [4.69, 9.17) is 0 Å². The first-order chi connectivity index (χ1) is 13.3. The van der Waals surface area contributed by atoms with Crippen molar-refractivity contribution in [2.75, 3.05) is 44.6 Å². The molecule has 0 saturated heterocycles. The Morgan fingerprint density at radius 3 is 2.71 bits per heavy atom. The molecule has 0 fully saturated rings. The molecule has 0 aliphatic rings. The SMILES string of the molecule is CN(C)C(=O)c1cnn(C)c1C(=O)Nc1ccn2nc(N(C)CCF)nc2c1. The van der Waals surface area contributed by atoms with Crippen molar-refractivity contribution in [2.45, 2.75) is 0 Å². The maximum atomic E-state index is 12.7. The average Bonchev–Trinajstić information content (AvgIpc) is 3.24. The Kier molecular flexibility index (Phi) is 5.25. The molecule has 3 heterocycles. The van der Waals surface area contributed by atoms with Gasteiger partial charge in [0.25, 0.3) is 11.8 Å². The quantitative estimate of drug-likeness (QED) is 0.671. The van der Waals surface area contributed by atoms with E-state index in [9.17, 15) is 14.0 Å². The molecule has 3 aromatic rings. The van der Waals surface area contributed by atoms with E-state index in [-0.39, 0.29) is 23.7 Å². The molecular weight excluding hydrogens is 367 g/mol. The molecule has 0 spiro atoms. The molecule has 1 N–H and O–H groups in total. The predicted octanol–water partition coefficient (Wildman–Crippen LogP) is 0.823. The van der Waals surface area contributed by atoms with Crippen molar-refractivity contribution >= 4 is 29.1 Å². The molecule has 0 aliphatic heterocycles. The summed E-state index contributed by atoms with van der Waals surface area (Å²) >= 11 is 0. The standard InChI is InChI=1S/C17H21FN8O2/c1-23(2)16(28)12-10-19-25(4)14(12)15(27)20-11-5-7-26-13(9-11)21-17(22-26)24(3)8-6-18/h5,7,9-10H,6,8H2,1-4H3,(H,20,27). The lowest BCUT2D eigenvalue weighted by Crippen LogP contribution is -2.26. The first-order valence-electron chi connectivity index (χ1n) is 8.50. The number of hydrogen-bond acceptors (Lipinski definition) is 6. The van der Waals surface area contributed by atoms with E-state index in [0.29, 0.717) is 17.3 Å². The van der Waals surface area contributed by atoms with Crippen LogP contribution >= 0.6 is 0 Å². The number of halogens is 1. The van der Waals surface area contributed by atoms with Gasteiger partial charge in [0.1, 0.15) is 12.4 Å². The van der Waals surface area contributed by atoms with Crippen LogP contribution in [0.25, 0.3) is 5.65 Å². The van der Waals surface area contributed by atoms with E-state index in [0.717, 1.165) is 0 Å². The number of carbonyl (C=O) groups excluding carboxylic acids is 2. The highest BCUT2D eigenvalue weighted by Gasteiger charge is 2.23. The molecule has 3 aromatic heterocycles. The van der Waals surface area contributed by atoms with Crippen LogP contribution in [0.3, 0.4) is 0 Å². The summed E-state index contributed by atoms with van der Waals surface area (Å²) in [5, 5.41) is 11.0. The fraction of sp³-hybridized carbons (Fsp3) is 0.353. The zero-order valence-corrected chi connectivity index (χ0v) is 16.0. The first kappa shape index (κ1) is 19.3. The number of alkyl halides is 1. The van der Waals surface area contributed by atoms with Gasteiger partial charge in [-0.15, -0.1) is 5.10 Å². The molecule has 0 atom stereocenters. The van der Waals surface area contributed by atoms with Gasteiger partial charge in [-0.1, -0.05) is 0 Å². The van der Waals surface area contributed by atoms with Gasteiger partial charge in [-0.3, -0.25) is 14.3 Å². The first-order valence-corrected chi connectivity index (χ1v) is 8.50. The lowest BCUT2D eigenvalue weighted by Gasteiger charge is -2.11. The van der Waals surface area contributed by atoms with Crippen molar-refractivity contribution in [1.29, 1.82) is 0 Å². The van der Waals surface area contributed by atoms with Crippen LogP contribution in [0.15, 0.2) is 24.5 Å². The van der Waals surface area contributed by atoms with Crippen molar-refractivity contribution in [3.05, 3.63) is 35.8 Å². The lowest BCUT2D eigenvalue weighted by molar-refractivity contribution is 0.0821. The number of nitrogens with zero attached hydrogens (tertiary/aromatic N) is 7. The summed E-state index contributed by atoms with van der Waals surface area (Å²) in [6, 6.07) is 3.30. The van der Waals surface area contributed by atoms with Crippen LogP contribution < -0.4 is 10.2 Å². The van der Waals surface area contributed by atoms with Crippen molar-refractivity contribution in [1.82, 2.24) is 29.3 Å².